The van der Waals surface area contributed by atoms with Gasteiger partial charge in [0.15, 0.2) is 0 Å². The van der Waals surface area contributed by atoms with Gasteiger partial charge in [-0.25, -0.2) is 0 Å². The summed E-state index contributed by atoms with van der Waals surface area (Å²) < 4.78 is 5.62. The second-order valence-electron chi connectivity index (χ2n) is 5.89. The Morgan fingerprint density at radius 1 is 1.27 bits per heavy atom. The van der Waals surface area contributed by atoms with Crippen LogP contribution in [0.5, 0.6) is 0 Å². The van der Waals surface area contributed by atoms with Crippen molar-refractivity contribution in [3.63, 3.8) is 0 Å². The summed E-state index contributed by atoms with van der Waals surface area (Å²) in [5.41, 5.74) is 2.47. The first kappa shape index (κ1) is 15.5. The fraction of sp³-hybridized carbons (Fsp3) is 0.471. The lowest BCUT2D eigenvalue weighted by Gasteiger charge is -2.34. The molecule has 1 saturated heterocycles. The molecular weight excluding hydrogens is 300 g/mol. The third-order valence-corrected chi connectivity index (χ3v) is 4.53. The summed E-state index contributed by atoms with van der Waals surface area (Å²) >= 11 is 5.92. The second kappa shape index (κ2) is 6.82. The number of nitrogens with zero attached hydrogens (tertiary/aromatic N) is 2. The van der Waals surface area contributed by atoms with Crippen molar-refractivity contribution in [3.05, 3.63) is 40.9 Å². The van der Waals surface area contributed by atoms with Crippen LogP contribution in [0, 0.1) is 0 Å². The van der Waals surface area contributed by atoms with Crippen LogP contribution in [0.3, 0.4) is 0 Å². The van der Waals surface area contributed by atoms with Crippen molar-refractivity contribution in [2.24, 2.45) is 0 Å². The standard InChI is InChI=1S/C17H21ClN2O2/c1-19-10-11-22-16(12-19)17(21)20-8-6-14(7-9-20)13-2-4-15(18)5-3-13/h2-6,16H,7-12H2,1H3. The van der Waals surface area contributed by atoms with Crippen LogP contribution in [0.1, 0.15) is 12.0 Å². The van der Waals surface area contributed by atoms with Crippen molar-refractivity contribution < 1.29 is 9.53 Å². The van der Waals surface area contributed by atoms with Crippen LogP contribution in [-0.2, 0) is 9.53 Å². The molecule has 1 aromatic carbocycles. The molecule has 0 aliphatic carbocycles. The van der Waals surface area contributed by atoms with Crippen LogP contribution in [0.25, 0.3) is 5.57 Å². The largest absolute Gasteiger partial charge is 0.366 e. The maximum atomic E-state index is 12.5. The lowest BCUT2D eigenvalue weighted by Crippen LogP contribution is -2.50. The molecule has 0 aromatic heterocycles. The molecule has 2 aliphatic rings. The van der Waals surface area contributed by atoms with Gasteiger partial charge in [0, 0.05) is 31.2 Å². The molecule has 118 valence electrons. The summed E-state index contributed by atoms with van der Waals surface area (Å²) in [5.74, 6) is 0.109. The zero-order chi connectivity index (χ0) is 15.5. The van der Waals surface area contributed by atoms with E-state index in [1.165, 1.54) is 11.1 Å². The SMILES string of the molecule is CN1CCOC(C(=O)N2CC=C(c3ccc(Cl)cc3)CC2)C1. The number of carbonyl (C=O) groups excluding carboxylic acids is 1. The highest BCUT2D eigenvalue weighted by Crippen LogP contribution is 2.24. The Balaban J connectivity index is 1.62. The number of likely N-dealkylation sites (N-methyl/N-ethyl adjacent to an activating group) is 1. The van der Waals surface area contributed by atoms with Gasteiger partial charge in [-0.05, 0) is 36.7 Å². The van der Waals surface area contributed by atoms with Gasteiger partial charge in [-0.1, -0.05) is 29.8 Å². The Morgan fingerprint density at radius 3 is 2.68 bits per heavy atom. The Labute approximate surface area is 136 Å². The summed E-state index contributed by atoms with van der Waals surface area (Å²) in [7, 11) is 2.03. The fourth-order valence-corrected chi connectivity index (χ4v) is 3.05. The number of carbonyl (C=O) groups is 1. The van der Waals surface area contributed by atoms with Crippen molar-refractivity contribution in [1.29, 1.82) is 0 Å². The maximum Gasteiger partial charge on any atom is 0.253 e. The van der Waals surface area contributed by atoms with Crippen molar-refractivity contribution in [1.82, 2.24) is 9.80 Å². The molecule has 1 atom stereocenters. The normalized spacial score (nSPS) is 23.3. The zero-order valence-corrected chi connectivity index (χ0v) is 13.6. The predicted molar refractivity (Wildman–Crippen MR) is 87.9 cm³/mol. The van der Waals surface area contributed by atoms with Gasteiger partial charge in [0.05, 0.1) is 6.61 Å². The van der Waals surface area contributed by atoms with Gasteiger partial charge in [-0.15, -0.1) is 0 Å². The molecule has 0 bridgehead atoms. The number of morpholine rings is 1. The average Bonchev–Trinajstić information content (AvgIpc) is 2.55. The van der Waals surface area contributed by atoms with Crippen molar-refractivity contribution in [3.8, 4) is 0 Å². The zero-order valence-electron chi connectivity index (χ0n) is 12.8. The van der Waals surface area contributed by atoms with E-state index in [1.54, 1.807) is 0 Å². The van der Waals surface area contributed by atoms with Crippen LogP contribution in [0.15, 0.2) is 30.3 Å². The second-order valence-corrected chi connectivity index (χ2v) is 6.33. The smallest absolute Gasteiger partial charge is 0.253 e. The third kappa shape index (κ3) is 3.51. The van der Waals surface area contributed by atoms with Crippen LogP contribution >= 0.6 is 11.6 Å². The predicted octanol–water partition coefficient (Wildman–Crippen LogP) is 2.29. The molecule has 4 nitrogen and oxygen atoms in total. The van der Waals surface area contributed by atoms with Crippen LogP contribution in [0.4, 0.5) is 0 Å². The van der Waals surface area contributed by atoms with E-state index in [4.69, 9.17) is 16.3 Å². The summed E-state index contributed by atoms with van der Waals surface area (Å²) in [6, 6.07) is 7.87. The molecule has 1 aromatic rings. The van der Waals surface area contributed by atoms with E-state index in [-0.39, 0.29) is 12.0 Å². The molecule has 0 spiro atoms. The van der Waals surface area contributed by atoms with Gasteiger partial charge < -0.3 is 14.5 Å². The Hall–Kier alpha value is -1.36. The molecule has 3 rings (SSSR count). The van der Waals surface area contributed by atoms with E-state index < -0.39 is 0 Å². The molecule has 22 heavy (non-hydrogen) atoms. The molecule has 0 saturated carbocycles. The first-order valence-corrected chi connectivity index (χ1v) is 8.05. The minimum Gasteiger partial charge on any atom is -0.366 e. The summed E-state index contributed by atoms with van der Waals surface area (Å²) in [4.78, 5) is 16.6. The lowest BCUT2D eigenvalue weighted by atomic mass is 9.99. The van der Waals surface area contributed by atoms with E-state index in [1.807, 2.05) is 36.2 Å². The highest BCUT2D eigenvalue weighted by atomic mass is 35.5. The summed E-state index contributed by atoms with van der Waals surface area (Å²) in [6.07, 6.45) is 2.69. The molecule has 1 unspecified atom stereocenters. The van der Waals surface area contributed by atoms with Gasteiger partial charge in [0.25, 0.3) is 5.91 Å². The van der Waals surface area contributed by atoms with Crippen molar-refractivity contribution in [2.75, 3.05) is 39.8 Å². The number of ether oxygens (including phenoxy) is 1. The van der Waals surface area contributed by atoms with Crippen LogP contribution in [-0.4, -0.2) is 61.6 Å². The van der Waals surface area contributed by atoms with E-state index >= 15 is 0 Å². The number of hydrogen-bond donors (Lipinski definition) is 0. The molecule has 0 radical (unpaired) electrons. The maximum absolute atomic E-state index is 12.5. The van der Waals surface area contributed by atoms with E-state index in [0.29, 0.717) is 19.7 Å². The van der Waals surface area contributed by atoms with Gasteiger partial charge in [0.1, 0.15) is 6.10 Å². The molecule has 1 fully saturated rings. The average molecular weight is 321 g/mol. The number of rotatable bonds is 2. The molecule has 2 aliphatic heterocycles. The number of benzene rings is 1. The number of amides is 1. The summed E-state index contributed by atoms with van der Waals surface area (Å²) in [6.45, 7) is 3.61. The van der Waals surface area contributed by atoms with Gasteiger partial charge in [0.2, 0.25) is 0 Å². The quantitative estimate of drug-likeness (QED) is 0.838. The summed E-state index contributed by atoms with van der Waals surface area (Å²) in [5, 5.41) is 0.746. The van der Waals surface area contributed by atoms with Crippen molar-refractivity contribution >= 4 is 23.1 Å². The van der Waals surface area contributed by atoms with Gasteiger partial charge in [-0.2, -0.15) is 0 Å². The first-order valence-electron chi connectivity index (χ1n) is 7.67. The van der Waals surface area contributed by atoms with Crippen molar-refractivity contribution in [2.45, 2.75) is 12.5 Å². The molecule has 5 heteroatoms. The van der Waals surface area contributed by atoms with E-state index in [9.17, 15) is 4.79 Å². The molecule has 2 heterocycles. The minimum absolute atomic E-state index is 0.109. The highest BCUT2D eigenvalue weighted by molar-refractivity contribution is 6.30. The topological polar surface area (TPSA) is 32.8 Å². The highest BCUT2D eigenvalue weighted by Gasteiger charge is 2.29. The molecule has 0 N–H and O–H groups in total. The fourth-order valence-electron chi connectivity index (χ4n) is 2.93. The van der Waals surface area contributed by atoms with Gasteiger partial charge in [-0.3, -0.25) is 4.79 Å². The van der Waals surface area contributed by atoms with Crippen LogP contribution in [0.2, 0.25) is 5.02 Å². The van der Waals surface area contributed by atoms with Crippen LogP contribution < -0.4 is 0 Å². The Bertz CT molecular complexity index is 571. The van der Waals surface area contributed by atoms with Gasteiger partial charge >= 0.3 is 0 Å². The number of halogens is 1. The third-order valence-electron chi connectivity index (χ3n) is 4.28. The number of hydrogen-bond acceptors (Lipinski definition) is 3. The Morgan fingerprint density at radius 2 is 2.05 bits per heavy atom. The van der Waals surface area contributed by atoms with E-state index in [0.717, 1.165) is 24.5 Å². The monoisotopic (exact) mass is 320 g/mol. The Kier molecular flexibility index (Phi) is 4.81. The minimum atomic E-state index is -0.316. The molecule has 1 amide bonds. The lowest BCUT2D eigenvalue weighted by molar-refractivity contribution is -0.148. The first-order chi connectivity index (χ1) is 10.6. The van der Waals surface area contributed by atoms with E-state index in [2.05, 4.69) is 11.0 Å². The molecular formula is C17H21ClN2O2.